The van der Waals surface area contributed by atoms with Gasteiger partial charge in [0, 0.05) is 12.0 Å². The van der Waals surface area contributed by atoms with Gasteiger partial charge in [-0.2, -0.15) is 0 Å². The maximum Gasteiger partial charge on any atom is 0.0544 e. The standard InChI is InChI=1S/C15H25NO/c1-2-13(8-15(5-1)10-17-11-15)14-9-16-6-3-12(14)4-7-16/h12-14H,1-11H2. The Balaban J connectivity index is 1.47. The molecule has 2 bridgehead atoms. The van der Waals surface area contributed by atoms with Gasteiger partial charge in [0.2, 0.25) is 0 Å². The Labute approximate surface area is 105 Å². The zero-order valence-corrected chi connectivity index (χ0v) is 10.9. The molecule has 4 saturated heterocycles. The third-order valence-corrected chi connectivity index (χ3v) is 6.11. The molecule has 2 unspecified atom stereocenters. The van der Waals surface area contributed by atoms with Crippen LogP contribution in [0.5, 0.6) is 0 Å². The first-order valence-corrected chi connectivity index (χ1v) is 7.65. The highest BCUT2D eigenvalue weighted by atomic mass is 16.5. The van der Waals surface area contributed by atoms with Gasteiger partial charge < -0.3 is 9.64 Å². The van der Waals surface area contributed by atoms with Crippen LogP contribution in [0, 0.1) is 23.2 Å². The molecule has 2 heteroatoms. The van der Waals surface area contributed by atoms with Crippen molar-refractivity contribution in [1.29, 1.82) is 0 Å². The van der Waals surface area contributed by atoms with Crippen molar-refractivity contribution in [1.82, 2.24) is 4.90 Å². The van der Waals surface area contributed by atoms with E-state index >= 15 is 0 Å². The van der Waals surface area contributed by atoms with Crippen molar-refractivity contribution < 1.29 is 4.74 Å². The normalized spacial score (nSPS) is 48.0. The lowest BCUT2D eigenvalue weighted by Crippen LogP contribution is -2.53. The molecule has 0 amide bonds. The first-order chi connectivity index (χ1) is 8.35. The number of hydrogen-bond acceptors (Lipinski definition) is 2. The molecule has 4 aliphatic heterocycles. The number of rotatable bonds is 1. The molecule has 1 spiro atoms. The molecule has 5 rings (SSSR count). The van der Waals surface area contributed by atoms with Crippen molar-refractivity contribution in [2.24, 2.45) is 23.2 Å². The van der Waals surface area contributed by atoms with E-state index in [0.29, 0.717) is 5.41 Å². The smallest absolute Gasteiger partial charge is 0.0544 e. The molecule has 0 radical (unpaired) electrons. The van der Waals surface area contributed by atoms with E-state index in [9.17, 15) is 0 Å². The van der Waals surface area contributed by atoms with Crippen molar-refractivity contribution in [3.8, 4) is 0 Å². The third kappa shape index (κ3) is 1.76. The minimum atomic E-state index is 0.634. The average Bonchev–Trinajstić information content (AvgIpc) is 2.38. The van der Waals surface area contributed by atoms with E-state index in [1.807, 2.05) is 0 Å². The highest BCUT2D eigenvalue weighted by molar-refractivity contribution is 4.97. The number of ether oxygens (including phenoxy) is 1. The van der Waals surface area contributed by atoms with E-state index in [0.717, 1.165) is 31.0 Å². The zero-order chi connectivity index (χ0) is 11.3. The van der Waals surface area contributed by atoms with Crippen LogP contribution in [0.1, 0.15) is 38.5 Å². The van der Waals surface area contributed by atoms with E-state index in [1.165, 1.54) is 58.2 Å². The Morgan fingerprint density at radius 2 is 1.82 bits per heavy atom. The predicted octanol–water partition coefficient (Wildman–Crippen LogP) is 2.54. The number of hydrogen-bond donors (Lipinski definition) is 0. The molecule has 5 aliphatic rings. The van der Waals surface area contributed by atoms with Crippen molar-refractivity contribution >= 4 is 0 Å². The summed E-state index contributed by atoms with van der Waals surface area (Å²) < 4.78 is 5.50. The molecule has 96 valence electrons. The highest BCUT2D eigenvalue weighted by Crippen LogP contribution is 2.50. The minimum absolute atomic E-state index is 0.634. The summed E-state index contributed by atoms with van der Waals surface area (Å²) in [5.74, 6) is 3.14. The summed E-state index contributed by atoms with van der Waals surface area (Å²) in [5.41, 5.74) is 0.634. The Morgan fingerprint density at radius 3 is 2.41 bits per heavy atom. The average molecular weight is 235 g/mol. The Morgan fingerprint density at radius 1 is 1.00 bits per heavy atom. The van der Waals surface area contributed by atoms with Crippen LogP contribution in [-0.4, -0.2) is 37.7 Å². The molecule has 0 N–H and O–H groups in total. The molecule has 2 atom stereocenters. The maximum atomic E-state index is 5.50. The predicted molar refractivity (Wildman–Crippen MR) is 67.9 cm³/mol. The molecule has 0 aromatic rings. The van der Waals surface area contributed by atoms with Crippen LogP contribution < -0.4 is 0 Å². The van der Waals surface area contributed by atoms with Gasteiger partial charge in [0.25, 0.3) is 0 Å². The summed E-state index contributed by atoms with van der Waals surface area (Å²) in [6.07, 6.45) is 8.90. The van der Waals surface area contributed by atoms with Crippen molar-refractivity contribution in [2.75, 3.05) is 32.8 Å². The molecule has 1 aliphatic carbocycles. The van der Waals surface area contributed by atoms with Crippen LogP contribution >= 0.6 is 0 Å². The highest BCUT2D eigenvalue weighted by Gasteiger charge is 2.47. The fourth-order valence-corrected chi connectivity index (χ4v) is 5.06. The van der Waals surface area contributed by atoms with Crippen molar-refractivity contribution in [2.45, 2.75) is 38.5 Å². The van der Waals surface area contributed by atoms with E-state index < -0.39 is 0 Å². The van der Waals surface area contributed by atoms with Gasteiger partial charge in [-0.05, 0) is 56.5 Å². The monoisotopic (exact) mass is 235 g/mol. The SMILES string of the molecule is C1CC(C2CN3CCC2CC3)CC2(C1)COC2. The summed E-state index contributed by atoms with van der Waals surface area (Å²) in [4.78, 5) is 2.73. The van der Waals surface area contributed by atoms with Crippen molar-refractivity contribution in [3.63, 3.8) is 0 Å². The molecule has 0 aromatic carbocycles. The largest absolute Gasteiger partial charge is 0.380 e. The maximum absolute atomic E-state index is 5.50. The van der Waals surface area contributed by atoms with E-state index in [4.69, 9.17) is 4.74 Å². The molecule has 17 heavy (non-hydrogen) atoms. The fourth-order valence-electron chi connectivity index (χ4n) is 5.06. The van der Waals surface area contributed by atoms with Crippen LogP contribution in [-0.2, 0) is 4.74 Å². The Hall–Kier alpha value is -0.0800. The number of nitrogens with zero attached hydrogens (tertiary/aromatic N) is 1. The molecule has 1 saturated carbocycles. The van der Waals surface area contributed by atoms with Crippen molar-refractivity contribution in [3.05, 3.63) is 0 Å². The van der Waals surface area contributed by atoms with Gasteiger partial charge in [0.15, 0.2) is 0 Å². The van der Waals surface area contributed by atoms with Crippen LogP contribution in [0.4, 0.5) is 0 Å². The second-order valence-electron chi connectivity index (χ2n) is 7.15. The van der Waals surface area contributed by atoms with E-state index in [1.54, 1.807) is 0 Å². The lowest BCUT2D eigenvalue weighted by Gasteiger charge is -2.53. The molecule has 2 nitrogen and oxygen atoms in total. The van der Waals surface area contributed by atoms with Crippen LogP contribution in [0.2, 0.25) is 0 Å². The van der Waals surface area contributed by atoms with Gasteiger partial charge in [0.05, 0.1) is 13.2 Å². The first kappa shape index (κ1) is 10.8. The number of fused-ring (bicyclic) bond motifs is 3. The summed E-state index contributed by atoms with van der Waals surface area (Å²) >= 11 is 0. The number of piperidine rings is 3. The topological polar surface area (TPSA) is 12.5 Å². The lowest BCUT2D eigenvalue weighted by atomic mass is 9.61. The molecule has 0 aromatic heterocycles. The molecule has 5 fully saturated rings. The summed E-state index contributed by atoms with van der Waals surface area (Å²) in [6, 6.07) is 0. The van der Waals surface area contributed by atoms with E-state index in [-0.39, 0.29) is 0 Å². The van der Waals surface area contributed by atoms with Gasteiger partial charge in [-0.3, -0.25) is 0 Å². The van der Waals surface area contributed by atoms with Crippen LogP contribution in [0.3, 0.4) is 0 Å². The second-order valence-corrected chi connectivity index (χ2v) is 7.15. The summed E-state index contributed by atoms with van der Waals surface area (Å²) in [5, 5.41) is 0. The van der Waals surface area contributed by atoms with Gasteiger partial charge >= 0.3 is 0 Å². The quantitative estimate of drug-likeness (QED) is 0.692. The van der Waals surface area contributed by atoms with Gasteiger partial charge in [-0.25, -0.2) is 0 Å². The van der Waals surface area contributed by atoms with Gasteiger partial charge in [-0.1, -0.05) is 12.8 Å². The van der Waals surface area contributed by atoms with Crippen LogP contribution in [0.25, 0.3) is 0 Å². The summed E-state index contributed by atoms with van der Waals surface area (Å²) in [7, 11) is 0. The minimum Gasteiger partial charge on any atom is -0.380 e. The van der Waals surface area contributed by atoms with Crippen LogP contribution in [0.15, 0.2) is 0 Å². The zero-order valence-electron chi connectivity index (χ0n) is 10.9. The molecular formula is C15H25NO. The first-order valence-electron chi connectivity index (χ1n) is 7.65. The van der Waals surface area contributed by atoms with Gasteiger partial charge in [0.1, 0.15) is 0 Å². The fraction of sp³-hybridized carbons (Fsp3) is 1.00. The molecule has 4 heterocycles. The van der Waals surface area contributed by atoms with E-state index in [2.05, 4.69) is 4.90 Å². The van der Waals surface area contributed by atoms with Gasteiger partial charge in [-0.15, -0.1) is 0 Å². The molecular weight excluding hydrogens is 210 g/mol. The Bertz CT molecular complexity index is 291. The third-order valence-electron chi connectivity index (χ3n) is 6.11. The summed E-state index contributed by atoms with van der Waals surface area (Å²) in [6.45, 7) is 6.35. The lowest BCUT2D eigenvalue weighted by molar-refractivity contribution is -0.150. The second kappa shape index (κ2) is 3.96. The Kier molecular flexibility index (Phi) is 2.52.